The smallest absolute Gasteiger partial charge is 0.123 e. The third-order valence-corrected chi connectivity index (χ3v) is 4.62. The number of halogens is 1. The highest BCUT2D eigenvalue weighted by Crippen LogP contribution is 2.38. The predicted octanol–water partition coefficient (Wildman–Crippen LogP) is 4.04. The lowest BCUT2D eigenvalue weighted by Crippen LogP contribution is -2.16. The van der Waals surface area contributed by atoms with Crippen molar-refractivity contribution in [2.24, 2.45) is 11.7 Å². The maximum atomic E-state index is 13.6. The molecule has 1 aliphatic carbocycles. The molecule has 1 aliphatic rings. The van der Waals surface area contributed by atoms with Gasteiger partial charge in [0.2, 0.25) is 0 Å². The van der Waals surface area contributed by atoms with E-state index in [2.05, 4.69) is 31.2 Å². The maximum Gasteiger partial charge on any atom is 0.123 e. The summed E-state index contributed by atoms with van der Waals surface area (Å²) in [4.78, 5) is 0. The van der Waals surface area contributed by atoms with Crippen LogP contribution in [-0.4, -0.2) is 6.54 Å². The van der Waals surface area contributed by atoms with Gasteiger partial charge in [0.05, 0.1) is 0 Å². The summed E-state index contributed by atoms with van der Waals surface area (Å²) in [5.74, 6) is 0.655. The summed E-state index contributed by atoms with van der Waals surface area (Å²) in [5, 5.41) is 0. The molecule has 0 aromatic heterocycles. The molecule has 1 nitrogen and oxygen atoms in total. The Morgan fingerprint density at radius 3 is 2.62 bits per heavy atom. The van der Waals surface area contributed by atoms with Crippen molar-refractivity contribution in [3.05, 3.63) is 70.5 Å². The highest BCUT2D eigenvalue weighted by atomic mass is 19.1. The average molecular weight is 283 g/mol. The van der Waals surface area contributed by atoms with Gasteiger partial charge in [0, 0.05) is 5.92 Å². The highest BCUT2D eigenvalue weighted by Gasteiger charge is 2.24. The van der Waals surface area contributed by atoms with Crippen LogP contribution >= 0.6 is 0 Å². The first-order valence-corrected chi connectivity index (χ1v) is 7.75. The number of aryl methyl sites for hydroxylation is 2. The van der Waals surface area contributed by atoms with Crippen LogP contribution in [-0.2, 0) is 12.8 Å². The fraction of sp³-hybridized carbons (Fsp3) is 0.368. The standard InChI is InChI=1S/C19H22FN/c1-13(12-21)10-19-17-5-3-2-4-14(17)6-7-15-11-16(20)8-9-18(15)19/h2-5,8-9,11,13,19H,6-7,10,12,21H2,1H3. The zero-order valence-electron chi connectivity index (χ0n) is 12.5. The third-order valence-electron chi connectivity index (χ3n) is 4.62. The second-order valence-electron chi connectivity index (χ2n) is 6.17. The van der Waals surface area contributed by atoms with Gasteiger partial charge in [0.15, 0.2) is 0 Å². The van der Waals surface area contributed by atoms with Crippen LogP contribution in [0.25, 0.3) is 0 Å². The summed E-state index contributed by atoms with van der Waals surface area (Å²) in [5.41, 5.74) is 11.0. The van der Waals surface area contributed by atoms with E-state index in [-0.39, 0.29) is 5.82 Å². The first kappa shape index (κ1) is 14.3. The van der Waals surface area contributed by atoms with Crippen molar-refractivity contribution in [2.75, 3.05) is 6.54 Å². The molecule has 3 rings (SSSR count). The molecule has 110 valence electrons. The number of benzene rings is 2. The number of fused-ring (bicyclic) bond motifs is 2. The summed E-state index contributed by atoms with van der Waals surface area (Å²) in [6.45, 7) is 2.88. The minimum Gasteiger partial charge on any atom is -0.330 e. The van der Waals surface area contributed by atoms with E-state index in [0.717, 1.165) is 24.8 Å². The van der Waals surface area contributed by atoms with E-state index in [1.165, 1.54) is 16.7 Å². The monoisotopic (exact) mass is 283 g/mol. The Hall–Kier alpha value is -1.67. The van der Waals surface area contributed by atoms with Gasteiger partial charge >= 0.3 is 0 Å². The highest BCUT2D eigenvalue weighted by molar-refractivity contribution is 5.45. The Balaban J connectivity index is 2.10. The minimum absolute atomic E-state index is 0.134. The molecule has 0 amide bonds. The largest absolute Gasteiger partial charge is 0.330 e. The molecule has 0 aliphatic heterocycles. The second kappa shape index (κ2) is 5.98. The van der Waals surface area contributed by atoms with Crippen LogP contribution in [0.2, 0.25) is 0 Å². The van der Waals surface area contributed by atoms with Crippen molar-refractivity contribution in [2.45, 2.75) is 32.1 Å². The first-order valence-electron chi connectivity index (χ1n) is 7.75. The van der Waals surface area contributed by atoms with Crippen LogP contribution in [0.5, 0.6) is 0 Å². The molecule has 0 spiro atoms. The Morgan fingerprint density at radius 1 is 1.10 bits per heavy atom. The fourth-order valence-electron chi connectivity index (χ4n) is 3.42. The zero-order chi connectivity index (χ0) is 14.8. The Labute approximate surface area is 126 Å². The van der Waals surface area contributed by atoms with E-state index < -0.39 is 0 Å². The number of hydrogen-bond acceptors (Lipinski definition) is 1. The summed E-state index contributed by atoms with van der Waals surface area (Å²) < 4.78 is 13.6. The van der Waals surface area contributed by atoms with Crippen LogP contribution in [0.1, 0.15) is 41.5 Å². The van der Waals surface area contributed by atoms with Crippen LogP contribution in [0.4, 0.5) is 4.39 Å². The molecule has 2 atom stereocenters. The van der Waals surface area contributed by atoms with Crippen molar-refractivity contribution in [1.29, 1.82) is 0 Å². The summed E-state index contributed by atoms with van der Waals surface area (Å²) >= 11 is 0. The Bertz CT molecular complexity index is 635. The number of hydrogen-bond donors (Lipinski definition) is 1. The van der Waals surface area contributed by atoms with Crippen LogP contribution in [0, 0.1) is 11.7 Å². The maximum absolute atomic E-state index is 13.6. The first-order chi connectivity index (χ1) is 10.2. The van der Waals surface area contributed by atoms with Crippen molar-refractivity contribution in [1.82, 2.24) is 0 Å². The quantitative estimate of drug-likeness (QED) is 0.904. The molecule has 0 bridgehead atoms. The van der Waals surface area contributed by atoms with Crippen molar-refractivity contribution < 1.29 is 4.39 Å². The fourth-order valence-corrected chi connectivity index (χ4v) is 3.42. The Kier molecular flexibility index (Phi) is 4.07. The van der Waals surface area contributed by atoms with E-state index in [1.807, 2.05) is 6.07 Å². The molecule has 0 radical (unpaired) electrons. The van der Waals surface area contributed by atoms with Gasteiger partial charge in [-0.2, -0.15) is 0 Å². The molecule has 2 heteroatoms. The van der Waals surface area contributed by atoms with Gasteiger partial charge in [0.25, 0.3) is 0 Å². The second-order valence-corrected chi connectivity index (χ2v) is 6.17. The molecule has 21 heavy (non-hydrogen) atoms. The SMILES string of the molecule is CC(CN)CC1c2ccccc2CCc2cc(F)ccc21. The molecule has 0 saturated carbocycles. The van der Waals surface area contributed by atoms with Crippen LogP contribution < -0.4 is 5.73 Å². The molecule has 0 saturated heterocycles. The molecule has 2 aromatic rings. The van der Waals surface area contributed by atoms with Crippen LogP contribution in [0.15, 0.2) is 42.5 Å². The molecule has 0 heterocycles. The van der Waals surface area contributed by atoms with Gasteiger partial charge in [-0.05, 0) is 66.1 Å². The van der Waals surface area contributed by atoms with E-state index in [9.17, 15) is 4.39 Å². The average Bonchev–Trinajstić information content (AvgIpc) is 2.65. The van der Waals surface area contributed by atoms with Gasteiger partial charge < -0.3 is 5.73 Å². The normalized spacial score (nSPS) is 18.5. The molecule has 2 N–H and O–H groups in total. The lowest BCUT2D eigenvalue weighted by atomic mass is 9.82. The summed E-state index contributed by atoms with van der Waals surface area (Å²) in [6.07, 6.45) is 2.92. The van der Waals surface area contributed by atoms with E-state index in [0.29, 0.717) is 18.4 Å². The summed E-state index contributed by atoms with van der Waals surface area (Å²) in [7, 11) is 0. The lowest BCUT2D eigenvalue weighted by Gasteiger charge is -2.23. The molecule has 2 unspecified atom stereocenters. The Morgan fingerprint density at radius 2 is 1.81 bits per heavy atom. The molecule has 0 fully saturated rings. The number of rotatable bonds is 3. The van der Waals surface area contributed by atoms with Crippen molar-refractivity contribution in [3.8, 4) is 0 Å². The van der Waals surface area contributed by atoms with Gasteiger partial charge in [-0.3, -0.25) is 0 Å². The van der Waals surface area contributed by atoms with Gasteiger partial charge in [0.1, 0.15) is 5.82 Å². The van der Waals surface area contributed by atoms with Gasteiger partial charge in [-0.15, -0.1) is 0 Å². The summed E-state index contributed by atoms with van der Waals surface area (Å²) in [6, 6.07) is 13.9. The molecular formula is C19H22FN. The van der Waals surface area contributed by atoms with Gasteiger partial charge in [-0.25, -0.2) is 4.39 Å². The van der Waals surface area contributed by atoms with Gasteiger partial charge in [-0.1, -0.05) is 37.3 Å². The third kappa shape index (κ3) is 2.86. The van der Waals surface area contributed by atoms with E-state index >= 15 is 0 Å². The number of nitrogens with two attached hydrogens (primary N) is 1. The lowest BCUT2D eigenvalue weighted by molar-refractivity contribution is 0.507. The van der Waals surface area contributed by atoms with E-state index in [1.54, 1.807) is 12.1 Å². The molecular weight excluding hydrogens is 261 g/mol. The van der Waals surface area contributed by atoms with Crippen molar-refractivity contribution >= 4 is 0 Å². The minimum atomic E-state index is -0.134. The molecule has 2 aromatic carbocycles. The van der Waals surface area contributed by atoms with Crippen molar-refractivity contribution in [3.63, 3.8) is 0 Å². The zero-order valence-corrected chi connectivity index (χ0v) is 12.5. The van der Waals surface area contributed by atoms with Crippen LogP contribution in [0.3, 0.4) is 0 Å². The topological polar surface area (TPSA) is 26.0 Å². The van der Waals surface area contributed by atoms with E-state index in [4.69, 9.17) is 5.73 Å². The predicted molar refractivity (Wildman–Crippen MR) is 84.9 cm³/mol.